The fraction of sp³-hybridized carbons (Fsp3) is 0.769. The van der Waals surface area contributed by atoms with E-state index in [-0.39, 0.29) is 24.0 Å². The molecule has 0 aliphatic heterocycles. The molecular formula is C13H24N2O2. The highest BCUT2D eigenvalue weighted by Gasteiger charge is 2.22. The number of amides is 2. The first kappa shape index (κ1) is 14.0. The van der Waals surface area contributed by atoms with Crippen LogP contribution in [-0.2, 0) is 0 Å². The van der Waals surface area contributed by atoms with Crippen LogP contribution < -0.4 is 10.6 Å². The molecule has 0 spiro atoms. The average molecular weight is 240 g/mol. The van der Waals surface area contributed by atoms with Crippen LogP contribution in [0.15, 0.2) is 12.2 Å². The molecule has 0 aromatic carbocycles. The molecule has 0 heterocycles. The Bertz CT molecular complexity index is 282. The van der Waals surface area contributed by atoms with Crippen molar-refractivity contribution in [3.8, 4) is 0 Å². The summed E-state index contributed by atoms with van der Waals surface area (Å²) in [5.41, 5.74) is -0.210. The minimum Gasteiger partial charge on any atom is -0.391 e. The van der Waals surface area contributed by atoms with Crippen LogP contribution in [-0.4, -0.2) is 29.8 Å². The second-order valence-corrected chi connectivity index (χ2v) is 5.70. The molecule has 17 heavy (non-hydrogen) atoms. The maximum absolute atomic E-state index is 11.6. The second-order valence-electron chi connectivity index (χ2n) is 5.70. The number of nitrogens with one attached hydrogen (secondary N) is 2. The maximum Gasteiger partial charge on any atom is 0.315 e. The van der Waals surface area contributed by atoms with E-state index in [4.69, 9.17) is 0 Å². The number of hydrogen-bond donors (Lipinski definition) is 3. The van der Waals surface area contributed by atoms with Crippen molar-refractivity contribution < 1.29 is 9.90 Å². The van der Waals surface area contributed by atoms with Crippen molar-refractivity contribution in [1.29, 1.82) is 0 Å². The lowest BCUT2D eigenvalue weighted by Gasteiger charge is -2.26. The van der Waals surface area contributed by atoms with E-state index in [9.17, 15) is 9.90 Å². The Morgan fingerprint density at radius 3 is 2.76 bits per heavy atom. The summed E-state index contributed by atoms with van der Waals surface area (Å²) in [7, 11) is 0. The summed E-state index contributed by atoms with van der Waals surface area (Å²) in [6, 6.07) is -0.0691. The first-order chi connectivity index (χ1) is 7.89. The van der Waals surface area contributed by atoms with E-state index < -0.39 is 6.10 Å². The van der Waals surface area contributed by atoms with E-state index in [2.05, 4.69) is 16.7 Å². The number of carbonyl (C=O) groups excluding carboxylic acids is 1. The van der Waals surface area contributed by atoms with Crippen molar-refractivity contribution in [2.45, 2.75) is 52.2 Å². The summed E-state index contributed by atoms with van der Waals surface area (Å²) < 4.78 is 0. The number of hydrogen-bond acceptors (Lipinski definition) is 2. The van der Waals surface area contributed by atoms with Crippen LogP contribution in [0, 0.1) is 5.41 Å². The monoisotopic (exact) mass is 240 g/mol. The lowest BCUT2D eigenvalue weighted by atomic mass is 9.89. The van der Waals surface area contributed by atoms with Gasteiger partial charge < -0.3 is 15.7 Å². The number of urea groups is 1. The highest BCUT2D eigenvalue weighted by atomic mass is 16.3. The molecule has 0 aromatic rings. The zero-order chi connectivity index (χ0) is 12.9. The molecule has 0 saturated heterocycles. The predicted octanol–water partition coefficient (Wildman–Crippen LogP) is 1.80. The van der Waals surface area contributed by atoms with Crippen LogP contribution in [0.3, 0.4) is 0 Å². The van der Waals surface area contributed by atoms with E-state index in [1.165, 1.54) is 0 Å². The molecule has 1 aliphatic rings. The Hall–Kier alpha value is -1.03. The minimum atomic E-state index is -0.532. The molecule has 1 aliphatic carbocycles. The maximum atomic E-state index is 11.6. The van der Waals surface area contributed by atoms with Gasteiger partial charge in [-0.2, -0.15) is 0 Å². The second kappa shape index (κ2) is 6.05. The van der Waals surface area contributed by atoms with Gasteiger partial charge in [0.1, 0.15) is 0 Å². The van der Waals surface area contributed by atoms with Gasteiger partial charge in [-0.05, 0) is 24.7 Å². The topological polar surface area (TPSA) is 61.4 Å². The van der Waals surface area contributed by atoms with Gasteiger partial charge in [0.05, 0.1) is 6.10 Å². The molecule has 98 valence electrons. The molecule has 0 saturated carbocycles. The van der Waals surface area contributed by atoms with Gasteiger partial charge in [0.15, 0.2) is 0 Å². The van der Waals surface area contributed by atoms with Crippen LogP contribution >= 0.6 is 0 Å². The van der Waals surface area contributed by atoms with E-state index in [1.807, 2.05) is 26.8 Å². The molecule has 2 atom stereocenters. The summed E-state index contributed by atoms with van der Waals surface area (Å²) in [4.78, 5) is 11.6. The third kappa shape index (κ3) is 5.22. The molecule has 3 N–H and O–H groups in total. The molecular weight excluding hydrogens is 216 g/mol. The number of allylic oxidation sites excluding steroid dienone is 1. The third-order valence-corrected chi connectivity index (χ3v) is 3.03. The summed E-state index contributed by atoms with van der Waals surface area (Å²) >= 11 is 0. The Balaban J connectivity index is 2.25. The molecule has 0 fully saturated rings. The average Bonchev–Trinajstić information content (AvgIpc) is 2.26. The largest absolute Gasteiger partial charge is 0.391 e. The number of rotatable bonds is 3. The van der Waals surface area contributed by atoms with Gasteiger partial charge >= 0.3 is 6.03 Å². The van der Waals surface area contributed by atoms with Crippen molar-refractivity contribution in [2.75, 3.05) is 6.54 Å². The van der Waals surface area contributed by atoms with Crippen LogP contribution in [0.25, 0.3) is 0 Å². The fourth-order valence-electron chi connectivity index (χ4n) is 1.65. The van der Waals surface area contributed by atoms with Crippen molar-refractivity contribution in [3.05, 3.63) is 12.2 Å². The van der Waals surface area contributed by atoms with Gasteiger partial charge in [-0.15, -0.1) is 0 Å². The minimum absolute atomic E-state index is 0.135. The van der Waals surface area contributed by atoms with Gasteiger partial charge in [0.2, 0.25) is 0 Å². The smallest absolute Gasteiger partial charge is 0.315 e. The Labute approximate surface area is 103 Å². The fourth-order valence-corrected chi connectivity index (χ4v) is 1.65. The Morgan fingerprint density at radius 1 is 1.53 bits per heavy atom. The summed E-state index contributed by atoms with van der Waals surface area (Å²) in [5, 5.41) is 15.4. The van der Waals surface area contributed by atoms with E-state index in [0.717, 1.165) is 19.3 Å². The zero-order valence-electron chi connectivity index (χ0n) is 11.0. The Kier molecular flexibility index (Phi) is 5.00. The molecule has 2 amide bonds. The molecule has 1 rings (SSSR count). The van der Waals surface area contributed by atoms with Crippen molar-refractivity contribution in [1.82, 2.24) is 10.6 Å². The van der Waals surface area contributed by atoms with E-state index >= 15 is 0 Å². The molecule has 0 bridgehead atoms. The summed E-state index contributed by atoms with van der Waals surface area (Å²) in [5.74, 6) is 0. The normalized spacial score (nSPS) is 22.0. The van der Waals surface area contributed by atoms with E-state index in [1.54, 1.807) is 0 Å². The highest BCUT2D eigenvalue weighted by molar-refractivity contribution is 5.74. The first-order valence-corrected chi connectivity index (χ1v) is 6.28. The van der Waals surface area contributed by atoms with Crippen LogP contribution in [0.1, 0.15) is 40.0 Å². The van der Waals surface area contributed by atoms with Gasteiger partial charge in [0, 0.05) is 12.6 Å². The van der Waals surface area contributed by atoms with Gasteiger partial charge in [-0.1, -0.05) is 32.9 Å². The number of carbonyl (C=O) groups is 1. The third-order valence-electron chi connectivity index (χ3n) is 3.03. The predicted molar refractivity (Wildman–Crippen MR) is 68.8 cm³/mol. The lowest BCUT2D eigenvalue weighted by molar-refractivity contribution is 0.0649. The molecule has 4 nitrogen and oxygen atoms in total. The quantitative estimate of drug-likeness (QED) is 0.659. The van der Waals surface area contributed by atoms with Crippen LogP contribution in [0.4, 0.5) is 4.79 Å². The SMILES string of the molecule is CC(C)(C)C(O)CNC(=O)NC1C=CCCC1. The highest BCUT2D eigenvalue weighted by Crippen LogP contribution is 2.18. The number of aliphatic hydroxyl groups is 1. The van der Waals surface area contributed by atoms with Gasteiger partial charge in [-0.3, -0.25) is 0 Å². The van der Waals surface area contributed by atoms with E-state index in [0.29, 0.717) is 0 Å². The van der Waals surface area contributed by atoms with Crippen molar-refractivity contribution >= 4 is 6.03 Å². The summed E-state index contributed by atoms with van der Waals surface area (Å²) in [6.45, 7) is 6.12. The molecule has 4 heteroatoms. The van der Waals surface area contributed by atoms with Gasteiger partial charge in [-0.25, -0.2) is 4.79 Å². The lowest BCUT2D eigenvalue weighted by Crippen LogP contribution is -2.46. The van der Waals surface area contributed by atoms with Gasteiger partial charge in [0.25, 0.3) is 0 Å². The molecule has 0 aromatic heterocycles. The molecule has 0 radical (unpaired) electrons. The van der Waals surface area contributed by atoms with Crippen molar-refractivity contribution in [3.63, 3.8) is 0 Å². The van der Waals surface area contributed by atoms with Crippen molar-refractivity contribution in [2.24, 2.45) is 5.41 Å². The first-order valence-electron chi connectivity index (χ1n) is 6.28. The van der Waals surface area contributed by atoms with Crippen LogP contribution in [0.2, 0.25) is 0 Å². The standard InChI is InChI=1S/C13H24N2O2/c1-13(2,3)11(16)9-14-12(17)15-10-7-5-4-6-8-10/h5,7,10-11,16H,4,6,8-9H2,1-3H3,(H2,14,15,17). The summed E-state index contributed by atoms with van der Waals surface area (Å²) in [6.07, 6.45) is 6.80. The molecule has 2 unspecified atom stereocenters. The zero-order valence-corrected chi connectivity index (χ0v) is 11.0. The van der Waals surface area contributed by atoms with Crippen LogP contribution in [0.5, 0.6) is 0 Å². The number of aliphatic hydroxyl groups excluding tert-OH is 1. The Morgan fingerprint density at radius 2 is 2.24 bits per heavy atom.